The van der Waals surface area contributed by atoms with Crippen LogP contribution in [0.15, 0.2) is 18.2 Å². The molecule has 1 aliphatic heterocycles. The van der Waals surface area contributed by atoms with Crippen molar-refractivity contribution in [3.05, 3.63) is 35.4 Å². The minimum absolute atomic E-state index is 0.370. The van der Waals surface area contributed by atoms with Crippen molar-refractivity contribution in [1.82, 2.24) is 5.32 Å². The number of hydrogen-bond donors (Lipinski definition) is 1. The van der Waals surface area contributed by atoms with Crippen molar-refractivity contribution in [2.24, 2.45) is 5.92 Å². The maximum atomic E-state index is 13.2. The highest BCUT2D eigenvalue weighted by atomic mass is 32.2. The van der Waals surface area contributed by atoms with Gasteiger partial charge in [-0.25, -0.2) is 8.78 Å². The molecule has 0 saturated carbocycles. The van der Waals surface area contributed by atoms with E-state index in [0.29, 0.717) is 12.0 Å². The van der Waals surface area contributed by atoms with E-state index in [1.54, 1.807) is 6.07 Å². The number of rotatable bonds is 5. The van der Waals surface area contributed by atoms with E-state index in [1.165, 1.54) is 30.1 Å². The maximum Gasteiger partial charge on any atom is 0.159 e. The molecular formula is C14H19F2NS. The van der Waals surface area contributed by atoms with Gasteiger partial charge in [-0.3, -0.25) is 0 Å². The van der Waals surface area contributed by atoms with Gasteiger partial charge < -0.3 is 5.32 Å². The zero-order valence-electron chi connectivity index (χ0n) is 10.6. The minimum atomic E-state index is -0.768. The molecule has 1 aromatic carbocycles. The fraction of sp³-hybridized carbons (Fsp3) is 0.571. The van der Waals surface area contributed by atoms with E-state index in [1.807, 2.05) is 11.8 Å². The molecule has 100 valence electrons. The summed E-state index contributed by atoms with van der Waals surface area (Å²) in [5, 5.41) is 3.48. The van der Waals surface area contributed by atoms with Crippen LogP contribution in [0.5, 0.6) is 0 Å². The number of benzene rings is 1. The summed E-state index contributed by atoms with van der Waals surface area (Å²) in [5.41, 5.74) is 0.872. The summed E-state index contributed by atoms with van der Waals surface area (Å²) in [4.78, 5) is 0. The van der Waals surface area contributed by atoms with Crippen LogP contribution in [0, 0.1) is 17.6 Å². The fourth-order valence-corrected chi connectivity index (χ4v) is 3.80. The first-order chi connectivity index (χ1) is 8.70. The molecule has 0 aliphatic carbocycles. The van der Waals surface area contributed by atoms with Gasteiger partial charge in [-0.15, -0.1) is 0 Å². The standard InChI is InChI=1S/C14H19F2NS/c1-2-17-14(11-5-6-18-9-11)8-10-3-4-12(15)13(16)7-10/h3-4,7,11,14,17H,2,5-6,8-9H2,1H3. The Hall–Kier alpha value is -0.610. The Kier molecular flexibility index (Phi) is 5.01. The van der Waals surface area contributed by atoms with Gasteiger partial charge in [0.05, 0.1) is 0 Å². The molecule has 2 atom stereocenters. The van der Waals surface area contributed by atoms with Crippen molar-refractivity contribution in [2.45, 2.75) is 25.8 Å². The van der Waals surface area contributed by atoms with Gasteiger partial charge >= 0.3 is 0 Å². The molecule has 18 heavy (non-hydrogen) atoms. The lowest BCUT2D eigenvalue weighted by molar-refractivity contribution is 0.386. The summed E-state index contributed by atoms with van der Waals surface area (Å²) in [6.45, 7) is 3.00. The maximum absolute atomic E-state index is 13.2. The quantitative estimate of drug-likeness (QED) is 0.882. The summed E-state index contributed by atoms with van der Waals surface area (Å²) in [5.74, 6) is 1.51. The van der Waals surface area contributed by atoms with Gasteiger partial charge in [-0.1, -0.05) is 13.0 Å². The highest BCUT2D eigenvalue weighted by molar-refractivity contribution is 7.99. The lowest BCUT2D eigenvalue weighted by atomic mass is 9.93. The number of thioether (sulfide) groups is 1. The summed E-state index contributed by atoms with van der Waals surface area (Å²) >= 11 is 1.98. The number of hydrogen-bond acceptors (Lipinski definition) is 2. The predicted molar refractivity (Wildman–Crippen MR) is 73.0 cm³/mol. The monoisotopic (exact) mass is 271 g/mol. The van der Waals surface area contributed by atoms with Crippen LogP contribution in [0.1, 0.15) is 18.9 Å². The van der Waals surface area contributed by atoms with Crippen LogP contribution in [0.25, 0.3) is 0 Å². The van der Waals surface area contributed by atoms with Crippen LogP contribution in [-0.4, -0.2) is 24.1 Å². The molecule has 1 N–H and O–H groups in total. The van der Waals surface area contributed by atoms with Crippen LogP contribution < -0.4 is 5.32 Å². The van der Waals surface area contributed by atoms with Crippen molar-refractivity contribution in [1.29, 1.82) is 0 Å². The molecule has 1 heterocycles. The molecule has 0 radical (unpaired) electrons. The molecule has 1 fully saturated rings. The molecule has 1 saturated heterocycles. The average molecular weight is 271 g/mol. The van der Waals surface area contributed by atoms with E-state index in [0.717, 1.165) is 18.5 Å². The second-order valence-corrected chi connectivity index (χ2v) is 5.89. The van der Waals surface area contributed by atoms with E-state index in [4.69, 9.17) is 0 Å². The highest BCUT2D eigenvalue weighted by Gasteiger charge is 2.25. The Balaban J connectivity index is 2.04. The van der Waals surface area contributed by atoms with E-state index >= 15 is 0 Å². The molecule has 4 heteroatoms. The summed E-state index contributed by atoms with van der Waals surface area (Å²) in [6.07, 6.45) is 1.99. The van der Waals surface area contributed by atoms with Gasteiger partial charge in [0.15, 0.2) is 11.6 Å². The van der Waals surface area contributed by atoms with Gasteiger partial charge in [0.25, 0.3) is 0 Å². The van der Waals surface area contributed by atoms with E-state index in [-0.39, 0.29) is 0 Å². The first kappa shape index (κ1) is 13.8. The number of nitrogens with one attached hydrogen (secondary N) is 1. The Morgan fingerprint density at radius 3 is 2.83 bits per heavy atom. The van der Waals surface area contributed by atoms with Gasteiger partial charge in [0.1, 0.15) is 0 Å². The zero-order chi connectivity index (χ0) is 13.0. The smallest absolute Gasteiger partial charge is 0.159 e. The minimum Gasteiger partial charge on any atom is -0.314 e. The van der Waals surface area contributed by atoms with Crippen molar-refractivity contribution in [3.8, 4) is 0 Å². The molecule has 2 rings (SSSR count). The van der Waals surface area contributed by atoms with Crippen LogP contribution in [0.2, 0.25) is 0 Å². The van der Waals surface area contributed by atoms with Crippen LogP contribution >= 0.6 is 11.8 Å². The van der Waals surface area contributed by atoms with Crippen molar-refractivity contribution >= 4 is 11.8 Å². The van der Waals surface area contributed by atoms with E-state index in [9.17, 15) is 8.78 Å². The van der Waals surface area contributed by atoms with Gasteiger partial charge in [0, 0.05) is 6.04 Å². The zero-order valence-corrected chi connectivity index (χ0v) is 11.4. The van der Waals surface area contributed by atoms with Crippen molar-refractivity contribution in [2.75, 3.05) is 18.1 Å². The second kappa shape index (κ2) is 6.53. The topological polar surface area (TPSA) is 12.0 Å². The number of halogens is 2. The van der Waals surface area contributed by atoms with E-state index < -0.39 is 11.6 Å². The highest BCUT2D eigenvalue weighted by Crippen LogP contribution is 2.28. The lowest BCUT2D eigenvalue weighted by Crippen LogP contribution is -2.38. The Morgan fingerprint density at radius 2 is 2.22 bits per heavy atom. The lowest BCUT2D eigenvalue weighted by Gasteiger charge is -2.24. The Bertz CT molecular complexity index is 391. The largest absolute Gasteiger partial charge is 0.314 e. The molecule has 0 bridgehead atoms. The third-order valence-electron chi connectivity index (χ3n) is 3.44. The Morgan fingerprint density at radius 1 is 1.39 bits per heavy atom. The van der Waals surface area contributed by atoms with E-state index in [2.05, 4.69) is 12.2 Å². The average Bonchev–Trinajstić information content (AvgIpc) is 2.87. The number of likely N-dealkylation sites (N-methyl/N-ethyl adjacent to an activating group) is 1. The molecule has 1 nitrogen and oxygen atoms in total. The molecule has 0 amide bonds. The molecule has 1 aromatic rings. The molecule has 0 aromatic heterocycles. The van der Waals surface area contributed by atoms with Crippen molar-refractivity contribution in [3.63, 3.8) is 0 Å². The van der Waals surface area contributed by atoms with Crippen LogP contribution in [-0.2, 0) is 6.42 Å². The predicted octanol–water partition coefficient (Wildman–Crippen LogP) is 3.24. The molecule has 2 unspecified atom stereocenters. The third-order valence-corrected chi connectivity index (χ3v) is 4.63. The van der Waals surface area contributed by atoms with Gasteiger partial charge in [-0.05, 0) is 54.5 Å². The Labute approximate surface area is 111 Å². The molecule has 1 aliphatic rings. The first-order valence-corrected chi connectivity index (χ1v) is 7.61. The van der Waals surface area contributed by atoms with Gasteiger partial charge in [0.2, 0.25) is 0 Å². The summed E-state index contributed by atoms with van der Waals surface area (Å²) < 4.78 is 26.1. The fourth-order valence-electron chi connectivity index (χ4n) is 2.46. The second-order valence-electron chi connectivity index (χ2n) is 4.74. The summed E-state index contributed by atoms with van der Waals surface area (Å²) in [7, 11) is 0. The van der Waals surface area contributed by atoms with Crippen LogP contribution in [0.3, 0.4) is 0 Å². The van der Waals surface area contributed by atoms with Gasteiger partial charge in [-0.2, -0.15) is 11.8 Å². The normalized spacial score (nSPS) is 21.2. The van der Waals surface area contributed by atoms with Crippen LogP contribution in [0.4, 0.5) is 8.78 Å². The SMILES string of the molecule is CCNC(Cc1ccc(F)c(F)c1)C1CCSC1. The molecular weight excluding hydrogens is 252 g/mol. The van der Waals surface area contributed by atoms with Crippen molar-refractivity contribution < 1.29 is 8.78 Å². The summed E-state index contributed by atoms with van der Waals surface area (Å²) in [6, 6.07) is 4.60. The third kappa shape index (κ3) is 3.45. The molecule has 0 spiro atoms. The first-order valence-electron chi connectivity index (χ1n) is 6.45.